The second-order valence-corrected chi connectivity index (χ2v) is 1.86. The molecular weight excluding hydrogens is 181 g/mol. The molecule has 2 nitrogen and oxygen atoms in total. The van der Waals surface area contributed by atoms with Crippen LogP contribution in [0.1, 0.15) is 0 Å². The van der Waals surface area contributed by atoms with Crippen LogP contribution in [-0.4, -0.2) is 0 Å². The summed E-state index contributed by atoms with van der Waals surface area (Å²) >= 11 is 0. The minimum atomic E-state index is 0. The van der Waals surface area contributed by atoms with E-state index in [2.05, 4.69) is 0 Å². The second kappa shape index (κ2) is 5.61. The molecule has 0 fully saturated rings. The fraction of sp³-hybridized carbons (Fsp3) is 0. The monoisotopic (exact) mass is 187 g/mol. The van der Waals surface area contributed by atoms with Gasteiger partial charge in [0.1, 0.15) is 5.75 Å². The maximum absolute atomic E-state index is 6.69. The van der Waals surface area contributed by atoms with Crippen LogP contribution in [0.25, 0.3) is 0 Å². The Morgan fingerprint density at radius 3 is 2.30 bits per heavy atom. The van der Waals surface area contributed by atoms with E-state index in [0.717, 1.165) is 5.75 Å². The maximum Gasteiger partial charge on any atom is 0.238 e. The van der Waals surface area contributed by atoms with E-state index >= 15 is 0 Å². The number of nitrogens with one attached hydrogen (secondary N) is 1. The van der Waals surface area contributed by atoms with Crippen molar-refractivity contribution in [3.8, 4) is 5.75 Å². The van der Waals surface area contributed by atoms with Crippen molar-refractivity contribution in [3.05, 3.63) is 30.3 Å². The zero-order chi connectivity index (χ0) is 6.53. The van der Waals surface area contributed by atoms with Crippen molar-refractivity contribution in [3.63, 3.8) is 0 Å². The standard InChI is InChI=1S/C6H6NOP.Ti/c7-9-8-6-4-2-1-3-5-6;/h1-5,7H;. The quantitative estimate of drug-likeness (QED) is 0.560. The number of benzene rings is 1. The Hall–Kier alpha value is -0.166. The van der Waals surface area contributed by atoms with Crippen LogP contribution in [0.2, 0.25) is 0 Å². The van der Waals surface area contributed by atoms with E-state index in [1.165, 1.54) is 0 Å². The molecule has 0 saturated carbocycles. The zero-order valence-corrected chi connectivity index (χ0v) is 7.70. The van der Waals surface area contributed by atoms with Gasteiger partial charge in [0, 0.05) is 21.7 Å². The number of hydrogen-bond acceptors (Lipinski definition) is 2. The molecule has 0 radical (unpaired) electrons. The van der Waals surface area contributed by atoms with Gasteiger partial charge in [-0.05, 0) is 12.1 Å². The van der Waals surface area contributed by atoms with E-state index in [1.54, 1.807) is 0 Å². The Kier molecular flexibility index (Phi) is 5.51. The molecule has 1 aromatic rings. The molecule has 0 heterocycles. The van der Waals surface area contributed by atoms with Gasteiger partial charge in [-0.15, -0.1) is 0 Å². The van der Waals surface area contributed by atoms with E-state index in [0.29, 0.717) is 0 Å². The topological polar surface area (TPSA) is 33.1 Å². The molecule has 0 atom stereocenters. The van der Waals surface area contributed by atoms with Gasteiger partial charge in [0.2, 0.25) is 8.60 Å². The molecule has 0 amide bonds. The summed E-state index contributed by atoms with van der Waals surface area (Å²) in [4.78, 5) is 0. The maximum atomic E-state index is 6.69. The molecule has 0 aliphatic carbocycles. The first-order valence-corrected chi connectivity index (χ1v) is 3.33. The summed E-state index contributed by atoms with van der Waals surface area (Å²) in [5.41, 5.74) is 0. The number of rotatable bonds is 2. The molecule has 0 bridgehead atoms. The van der Waals surface area contributed by atoms with E-state index < -0.39 is 0 Å². The van der Waals surface area contributed by atoms with Gasteiger partial charge < -0.3 is 4.52 Å². The third-order valence-corrected chi connectivity index (χ3v) is 1.20. The molecule has 1 aromatic carbocycles. The van der Waals surface area contributed by atoms with Crippen LogP contribution in [0.3, 0.4) is 0 Å². The largest absolute Gasteiger partial charge is 0.423 e. The minimum absolute atomic E-state index is 0. The van der Waals surface area contributed by atoms with E-state index in [4.69, 9.17) is 9.69 Å². The Balaban J connectivity index is 0.000000810. The molecule has 0 aromatic heterocycles. The third-order valence-electron chi connectivity index (χ3n) is 0.894. The Morgan fingerprint density at radius 2 is 1.80 bits per heavy atom. The van der Waals surface area contributed by atoms with E-state index in [-0.39, 0.29) is 30.3 Å². The summed E-state index contributed by atoms with van der Waals surface area (Å²) in [6.07, 6.45) is 0. The summed E-state index contributed by atoms with van der Waals surface area (Å²) in [5.74, 6) is 0.745. The van der Waals surface area contributed by atoms with Crippen molar-refractivity contribution in [2.75, 3.05) is 0 Å². The van der Waals surface area contributed by atoms with Gasteiger partial charge in [0.05, 0.1) is 0 Å². The van der Waals surface area contributed by atoms with Crippen molar-refractivity contribution >= 4 is 8.60 Å². The molecule has 1 rings (SSSR count). The molecule has 50 valence electrons. The number of para-hydroxylation sites is 1. The van der Waals surface area contributed by atoms with Crippen molar-refractivity contribution in [2.24, 2.45) is 0 Å². The fourth-order valence-corrected chi connectivity index (χ4v) is 0.761. The van der Waals surface area contributed by atoms with Crippen LogP contribution in [0.5, 0.6) is 5.75 Å². The van der Waals surface area contributed by atoms with Crippen molar-refractivity contribution in [1.29, 1.82) is 5.16 Å². The second-order valence-electron chi connectivity index (χ2n) is 1.50. The fourth-order valence-electron chi connectivity index (χ4n) is 0.534. The molecule has 0 spiro atoms. The molecule has 1 N–H and O–H groups in total. The summed E-state index contributed by atoms with van der Waals surface area (Å²) < 4.78 is 4.84. The Bertz CT molecular complexity index is 192. The predicted molar refractivity (Wildman–Crippen MR) is 36.7 cm³/mol. The minimum Gasteiger partial charge on any atom is -0.423 e. The first-order valence-electron chi connectivity index (χ1n) is 2.52. The summed E-state index contributed by atoms with van der Waals surface area (Å²) in [6.45, 7) is 0. The van der Waals surface area contributed by atoms with Crippen LogP contribution in [0.4, 0.5) is 0 Å². The van der Waals surface area contributed by atoms with Gasteiger partial charge >= 0.3 is 0 Å². The van der Waals surface area contributed by atoms with Gasteiger partial charge in [-0.2, -0.15) is 0 Å². The van der Waals surface area contributed by atoms with Crippen molar-refractivity contribution in [2.45, 2.75) is 0 Å². The van der Waals surface area contributed by atoms with Gasteiger partial charge in [-0.3, -0.25) is 0 Å². The average Bonchev–Trinajstić information content (AvgIpc) is 1.91. The smallest absolute Gasteiger partial charge is 0.238 e. The van der Waals surface area contributed by atoms with Crippen LogP contribution in [-0.2, 0) is 21.7 Å². The number of hydrogen-bond donors (Lipinski definition) is 1. The summed E-state index contributed by atoms with van der Waals surface area (Å²) in [5, 5.41) is 6.69. The SMILES string of the molecule is N=POc1ccccc1.[Ti]. The zero-order valence-electron chi connectivity index (χ0n) is 5.24. The van der Waals surface area contributed by atoms with Gasteiger partial charge in [0.25, 0.3) is 0 Å². The van der Waals surface area contributed by atoms with Crippen molar-refractivity contribution < 1.29 is 26.2 Å². The van der Waals surface area contributed by atoms with Crippen LogP contribution < -0.4 is 4.52 Å². The van der Waals surface area contributed by atoms with Gasteiger partial charge in [-0.25, -0.2) is 5.16 Å². The van der Waals surface area contributed by atoms with E-state index in [9.17, 15) is 0 Å². The molecular formula is C6H6NOPTi. The predicted octanol–water partition coefficient (Wildman–Crippen LogP) is 2.69. The van der Waals surface area contributed by atoms with Gasteiger partial charge in [-0.1, -0.05) is 18.2 Å². The molecule has 0 aliphatic rings. The third kappa shape index (κ3) is 3.12. The molecule has 4 heteroatoms. The summed E-state index contributed by atoms with van der Waals surface area (Å²) in [6, 6.07) is 9.30. The first kappa shape index (κ1) is 9.83. The average molecular weight is 187 g/mol. The van der Waals surface area contributed by atoms with E-state index in [1.807, 2.05) is 30.3 Å². The first-order chi connectivity index (χ1) is 4.43. The van der Waals surface area contributed by atoms with Crippen LogP contribution >= 0.6 is 8.60 Å². The van der Waals surface area contributed by atoms with Crippen LogP contribution in [0, 0.1) is 5.16 Å². The molecule has 0 unspecified atom stereocenters. The van der Waals surface area contributed by atoms with Gasteiger partial charge in [0.15, 0.2) is 0 Å². The summed E-state index contributed by atoms with van der Waals surface area (Å²) in [7, 11) is 0.195. The molecule has 0 aliphatic heterocycles. The Morgan fingerprint density at radius 1 is 1.20 bits per heavy atom. The van der Waals surface area contributed by atoms with Crippen LogP contribution in [0.15, 0.2) is 30.3 Å². The molecule has 0 saturated heterocycles. The van der Waals surface area contributed by atoms with Crippen molar-refractivity contribution in [1.82, 2.24) is 0 Å². The normalized spacial score (nSPS) is 8.40. The molecule has 10 heavy (non-hydrogen) atoms. The Labute approximate surface area is 76.2 Å².